The molecule has 0 atom stereocenters. The smallest absolute Gasteiger partial charge is 0.258 e. The van der Waals surface area contributed by atoms with Crippen molar-refractivity contribution in [3.63, 3.8) is 0 Å². The number of hydrogen-bond donors (Lipinski definition) is 2. The Morgan fingerprint density at radius 3 is 2.17 bits per heavy atom. The van der Waals surface area contributed by atoms with E-state index in [0.29, 0.717) is 35.0 Å². The van der Waals surface area contributed by atoms with E-state index in [1.165, 1.54) is 0 Å². The molecule has 0 fully saturated rings. The molecule has 3 aromatic rings. The number of nitrogens with one attached hydrogen (secondary N) is 2. The van der Waals surface area contributed by atoms with E-state index in [-0.39, 0.29) is 11.8 Å². The molecule has 2 amide bonds. The van der Waals surface area contributed by atoms with E-state index >= 15 is 0 Å². The quantitative estimate of drug-likeness (QED) is 0.466. The van der Waals surface area contributed by atoms with Crippen LogP contribution in [0, 0.1) is 0 Å². The SMILES string of the molecule is COc1cc2c(cc1OC)C(=C(Nc1ccc(N(C)C(=O)CN(C)C)cc1)c1ccccc1)C(=O)N2. The van der Waals surface area contributed by atoms with Gasteiger partial charge in [-0.1, -0.05) is 30.3 Å². The molecule has 0 aromatic heterocycles. The number of nitrogens with zero attached hydrogens (tertiary/aromatic N) is 2. The number of hydrogen-bond acceptors (Lipinski definition) is 6. The maximum atomic E-state index is 13.2. The van der Waals surface area contributed by atoms with Crippen LogP contribution in [0.15, 0.2) is 66.7 Å². The highest BCUT2D eigenvalue weighted by Crippen LogP contribution is 2.43. The molecule has 1 heterocycles. The first-order chi connectivity index (χ1) is 17.3. The first-order valence-corrected chi connectivity index (χ1v) is 11.5. The third-order valence-electron chi connectivity index (χ3n) is 5.93. The van der Waals surface area contributed by atoms with Gasteiger partial charge in [0, 0.05) is 30.1 Å². The number of amides is 2. The molecule has 8 heteroatoms. The van der Waals surface area contributed by atoms with Crippen LogP contribution in [0.2, 0.25) is 0 Å². The second kappa shape index (κ2) is 10.5. The van der Waals surface area contributed by atoms with Gasteiger partial charge in [-0.05, 0) is 50.0 Å². The summed E-state index contributed by atoms with van der Waals surface area (Å²) in [7, 11) is 8.60. The van der Waals surface area contributed by atoms with Crippen molar-refractivity contribution in [1.29, 1.82) is 0 Å². The standard InChI is InChI=1S/C28H30N4O4/c1-31(2)17-25(33)32(3)20-13-11-19(12-14-20)29-27(18-9-7-6-8-10-18)26-21-15-23(35-4)24(36-5)16-22(21)30-28(26)34/h6-16,29H,17H2,1-5H3,(H,30,34). The zero-order valence-corrected chi connectivity index (χ0v) is 21.1. The predicted octanol–water partition coefficient (Wildman–Crippen LogP) is 4.16. The highest BCUT2D eigenvalue weighted by molar-refractivity contribution is 6.37. The van der Waals surface area contributed by atoms with Gasteiger partial charge in [0.25, 0.3) is 5.91 Å². The van der Waals surface area contributed by atoms with Gasteiger partial charge in [0.2, 0.25) is 5.91 Å². The van der Waals surface area contributed by atoms with Crippen LogP contribution in [0.3, 0.4) is 0 Å². The fourth-order valence-corrected chi connectivity index (χ4v) is 4.06. The first kappa shape index (κ1) is 24.8. The fraction of sp³-hybridized carbons (Fsp3) is 0.214. The van der Waals surface area contributed by atoms with E-state index in [4.69, 9.17) is 9.47 Å². The van der Waals surface area contributed by atoms with Crippen LogP contribution < -0.4 is 25.0 Å². The number of carbonyl (C=O) groups is 2. The topological polar surface area (TPSA) is 83.1 Å². The predicted molar refractivity (Wildman–Crippen MR) is 143 cm³/mol. The number of likely N-dealkylation sites (N-methyl/N-ethyl adjacent to an activating group) is 2. The molecule has 3 aromatic carbocycles. The summed E-state index contributed by atoms with van der Waals surface area (Å²) in [5, 5.41) is 6.38. The van der Waals surface area contributed by atoms with Crippen LogP contribution >= 0.6 is 0 Å². The summed E-state index contributed by atoms with van der Waals surface area (Å²) in [6.07, 6.45) is 0. The first-order valence-electron chi connectivity index (χ1n) is 11.5. The third-order valence-corrected chi connectivity index (χ3v) is 5.93. The molecule has 0 radical (unpaired) electrons. The molecule has 2 N–H and O–H groups in total. The molecule has 4 rings (SSSR count). The molecule has 0 spiro atoms. The molecule has 0 saturated heterocycles. The lowest BCUT2D eigenvalue weighted by molar-refractivity contribution is -0.119. The van der Waals surface area contributed by atoms with E-state index in [1.807, 2.05) is 73.6 Å². The van der Waals surface area contributed by atoms with Crippen molar-refractivity contribution in [3.8, 4) is 11.5 Å². The molecular weight excluding hydrogens is 456 g/mol. The summed E-state index contributed by atoms with van der Waals surface area (Å²) >= 11 is 0. The van der Waals surface area contributed by atoms with Gasteiger partial charge in [0.1, 0.15) is 0 Å². The van der Waals surface area contributed by atoms with E-state index in [9.17, 15) is 9.59 Å². The molecule has 186 valence electrons. The molecule has 0 aliphatic carbocycles. The molecule has 8 nitrogen and oxygen atoms in total. The second-order valence-electron chi connectivity index (χ2n) is 8.69. The Morgan fingerprint density at radius 2 is 1.56 bits per heavy atom. The molecule has 0 bridgehead atoms. The average molecular weight is 487 g/mol. The molecule has 0 saturated carbocycles. The van der Waals surface area contributed by atoms with Gasteiger partial charge in [0.05, 0.1) is 37.7 Å². The van der Waals surface area contributed by atoms with E-state index < -0.39 is 0 Å². The second-order valence-corrected chi connectivity index (χ2v) is 8.69. The lowest BCUT2D eigenvalue weighted by Crippen LogP contribution is -2.34. The third kappa shape index (κ3) is 5.04. The van der Waals surface area contributed by atoms with Crippen molar-refractivity contribution >= 4 is 40.1 Å². The number of benzene rings is 3. The summed E-state index contributed by atoms with van der Waals surface area (Å²) in [5.41, 5.74) is 4.94. The minimum atomic E-state index is -0.225. The lowest BCUT2D eigenvalue weighted by Gasteiger charge is -2.20. The van der Waals surface area contributed by atoms with Crippen molar-refractivity contribution in [2.75, 3.05) is 57.4 Å². The summed E-state index contributed by atoms with van der Waals surface area (Å²) < 4.78 is 10.9. The van der Waals surface area contributed by atoms with Gasteiger partial charge in [-0.15, -0.1) is 0 Å². The zero-order chi connectivity index (χ0) is 25.8. The zero-order valence-electron chi connectivity index (χ0n) is 21.1. The van der Waals surface area contributed by atoms with Crippen LogP contribution in [-0.2, 0) is 9.59 Å². The monoisotopic (exact) mass is 486 g/mol. The number of ether oxygens (including phenoxy) is 2. The number of rotatable bonds is 8. The Morgan fingerprint density at radius 1 is 0.917 bits per heavy atom. The van der Waals surface area contributed by atoms with Gasteiger partial charge in [-0.3, -0.25) is 9.59 Å². The highest BCUT2D eigenvalue weighted by atomic mass is 16.5. The Labute approximate surface area is 211 Å². The summed E-state index contributed by atoms with van der Waals surface area (Å²) in [5.74, 6) is 0.844. The Hall–Kier alpha value is -4.30. The number of anilines is 3. The molecule has 36 heavy (non-hydrogen) atoms. The molecule has 1 aliphatic heterocycles. The van der Waals surface area contributed by atoms with Crippen LogP contribution in [0.1, 0.15) is 11.1 Å². The normalized spacial score (nSPS) is 13.7. The number of methoxy groups -OCH3 is 2. The van der Waals surface area contributed by atoms with Gasteiger partial charge in [-0.25, -0.2) is 0 Å². The van der Waals surface area contributed by atoms with Crippen molar-refractivity contribution in [1.82, 2.24) is 4.90 Å². The summed E-state index contributed by atoms with van der Waals surface area (Å²) in [6.45, 7) is 0.323. The largest absolute Gasteiger partial charge is 0.493 e. The minimum absolute atomic E-state index is 0.00332. The summed E-state index contributed by atoms with van der Waals surface area (Å²) in [4.78, 5) is 29.1. The lowest BCUT2D eigenvalue weighted by atomic mass is 9.99. The van der Waals surface area contributed by atoms with Crippen LogP contribution in [0.5, 0.6) is 11.5 Å². The van der Waals surface area contributed by atoms with E-state index in [0.717, 1.165) is 22.5 Å². The maximum absolute atomic E-state index is 13.2. The average Bonchev–Trinajstić information content (AvgIpc) is 3.20. The molecule has 0 unspecified atom stereocenters. The van der Waals surface area contributed by atoms with Gasteiger partial charge < -0.3 is 29.9 Å². The van der Waals surface area contributed by atoms with Crippen molar-refractivity contribution in [3.05, 3.63) is 77.9 Å². The Bertz CT molecular complexity index is 1300. The maximum Gasteiger partial charge on any atom is 0.258 e. The van der Waals surface area contributed by atoms with Crippen LogP contribution in [0.25, 0.3) is 11.3 Å². The van der Waals surface area contributed by atoms with Gasteiger partial charge >= 0.3 is 0 Å². The number of carbonyl (C=O) groups excluding carboxylic acids is 2. The fourth-order valence-electron chi connectivity index (χ4n) is 4.06. The minimum Gasteiger partial charge on any atom is -0.493 e. The summed E-state index contributed by atoms with van der Waals surface area (Å²) in [6, 6.07) is 20.8. The molecule has 1 aliphatic rings. The van der Waals surface area contributed by atoms with Crippen LogP contribution in [-0.4, -0.2) is 58.6 Å². The highest BCUT2D eigenvalue weighted by Gasteiger charge is 2.30. The Kier molecular flexibility index (Phi) is 7.26. The van der Waals surface area contributed by atoms with Gasteiger partial charge in [-0.2, -0.15) is 0 Å². The Balaban J connectivity index is 1.74. The van der Waals surface area contributed by atoms with Crippen molar-refractivity contribution < 1.29 is 19.1 Å². The van der Waals surface area contributed by atoms with Crippen molar-refractivity contribution in [2.45, 2.75) is 0 Å². The van der Waals surface area contributed by atoms with Gasteiger partial charge in [0.15, 0.2) is 11.5 Å². The van der Waals surface area contributed by atoms with Crippen LogP contribution in [0.4, 0.5) is 17.1 Å². The van der Waals surface area contributed by atoms with E-state index in [2.05, 4.69) is 10.6 Å². The van der Waals surface area contributed by atoms with E-state index in [1.54, 1.807) is 38.3 Å². The number of fused-ring (bicyclic) bond motifs is 1. The van der Waals surface area contributed by atoms with Crippen molar-refractivity contribution in [2.24, 2.45) is 0 Å². The molecular formula is C28H30N4O4.